The van der Waals surface area contributed by atoms with Crippen LogP contribution >= 0.6 is 0 Å². The second kappa shape index (κ2) is 9.74. The maximum Gasteiger partial charge on any atom is 0.291 e. The van der Waals surface area contributed by atoms with Crippen molar-refractivity contribution in [2.45, 2.75) is 45.3 Å². The van der Waals surface area contributed by atoms with Crippen LogP contribution in [0.25, 0.3) is 11.0 Å². The number of carbonyl (C=O) groups is 1. The Morgan fingerprint density at radius 2 is 1.94 bits per heavy atom. The highest BCUT2D eigenvalue weighted by atomic mass is 16.5. The standard InChI is InChI=1S/C28H31NO6/c1-17(2)12-14-34-22-11-10-18(15-23(22)32-3)25-24-26(30)20-8-4-5-9-21(20)35-27(24)28(31)29(25)16-19-7-6-13-33-19/h4-5,8-11,15,17,19,25H,6-7,12-14,16H2,1-3H3/t19-,25-/m0/s1. The maximum absolute atomic E-state index is 13.6. The number of methoxy groups -OCH3 is 1. The first kappa shape index (κ1) is 23.4. The third-order valence-corrected chi connectivity index (χ3v) is 6.75. The second-order valence-electron chi connectivity index (χ2n) is 9.61. The lowest BCUT2D eigenvalue weighted by molar-refractivity contribution is 0.0486. The molecule has 0 radical (unpaired) electrons. The highest BCUT2D eigenvalue weighted by Gasteiger charge is 2.44. The molecule has 0 saturated carbocycles. The van der Waals surface area contributed by atoms with Gasteiger partial charge in [-0.1, -0.05) is 32.0 Å². The van der Waals surface area contributed by atoms with E-state index in [9.17, 15) is 9.59 Å². The zero-order valence-corrected chi connectivity index (χ0v) is 20.4. The largest absolute Gasteiger partial charge is 0.493 e. The molecule has 35 heavy (non-hydrogen) atoms. The van der Waals surface area contributed by atoms with Crippen molar-refractivity contribution in [3.05, 3.63) is 69.6 Å². The van der Waals surface area contributed by atoms with E-state index in [-0.39, 0.29) is 23.2 Å². The normalized spacial score (nSPS) is 19.5. The van der Waals surface area contributed by atoms with E-state index in [2.05, 4.69) is 13.8 Å². The molecule has 1 amide bonds. The average Bonchev–Trinajstić information content (AvgIpc) is 3.46. The van der Waals surface area contributed by atoms with Gasteiger partial charge in [0, 0.05) is 13.2 Å². The monoisotopic (exact) mass is 477 g/mol. The summed E-state index contributed by atoms with van der Waals surface area (Å²) < 4.78 is 23.4. The molecular formula is C28H31NO6. The molecule has 2 aliphatic rings. The first-order valence-electron chi connectivity index (χ1n) is 12.3. The van der Waals surface area contributed by atoms with Gasteiger partial charge >= 0.3 is 0 Å². The van der Waals surface area contributed by atoms with Crippen molar-refractivity contribution in [1.29, 1.82) is 0 Å². The van der Waals surface area contributed by atoms with Crippen LogP contribution in [0.1, 0.15) is 60.8 Å². The molecule has 3 aromatic rings. The smallest absolute Gasteiger partial charge is 0.291 e. The minimum atomic E-state index is -0.596. The van der Waals surface area contributed by atoms with Gasteiger partial charge in [-0.2, -0.15) is 0 Å². The minimum Gasteiger partial charge on any atom is -0.493 e. The van der Waals surface area contributed by atoms with Crippen LogP contribution in [0.15, 0.2) is 51.7 Å². The number of amides is 1. The van der Waals surface area contributed by atoms with Gasteiger partial charge in [0.05, 0.1) is 36.8 Å². The molecule has 184 valence electrons. The number of fused-ring (bicyclic) bond motifs is 2. The highest BCUT2D eigenvalue weighted by Crippen LogP contribution is 2.41. The van der Waals surface area contributed by atoms with Gasteiger partial charge in [0.15, 0.2) is 16.9 Å². The van der Waals surface area contributed by atoms with Crippen LogP contribution in [0.4, 0.5) is 0 Å². The first-order chi connectivity index (χ1) is 17.0. The molecule has 1 aromatic heterocycles. The Bertz CT molecular complexity index is 1290. The quantitative estimate of drug-likeness (QED) is 0.457. The zero-order chi connectivity index (χ0) is 24.5. The Labute approximate surface area is 204 Å². The van der Waals surface area contributed by atoms with Crippen LogP contribution in [0.2, 0.25) is 0 Å². The third-order valence-electron chi connectivity index (χ3n) is 6.75. The lowest BCUT2D eigenvalue weighted by atomic mass is 9.97. The Morgan fingerprint density at radius 3 is 2.69 bits per heavy atom. The van der Waals surface area contributed by atoms with Gasteiger partial charge in [0.1, 0.15) is 5.58 Å². The van der Waals surface area contributed by atoms with Crippen LogP contribution < -0.4 is 14.9 Å². The van der Waals surface area contributed by atoms with Gasteiger partial charge in [0.25, 0.3) is 5.91 Å². The Morgan fingerprint density at radius 1 is 1.11 bits per heavy atom. The summed E-state index contributed by atoms with van der Waals surface area (Å²) >= 11 is 0. The summed E-state index contributed by atoms with van der Waals surface area (Å²) in [6, 6.07) is 12.1. The molecule has 5 rings (SSSR count). The fraction of sp³-hybridized carbons (Fsp3) is 0.429. The Hall–Kier alpha value is -3.32. The van der Waals surface area contributed by atoms with Crippen molar-refractivity contribution in [3.63, 3.8) is 0 Å². The summed E-state index contributed by atoms with van der Waals surface area (Å²) in [5.41, 5.74) is 1.35. The molecule has 3 heterocycles. The molecule has 0 spiro atoms. The lowest BCUT2D eigenvalue weighted by Gasteiger charge is -2.28. The summed E-state index contributed by atoms with van der Waals surface area (Å²) in [7, 11) is 1.59. The topological polar surface area (TPSA) is 78.2 Å². The van der Waals surface area contributed by atoms with E-state index in [1.807, 2.05) is 18.2 Å². The van der Waals surface area contributed by atoms with Crippen LogP contribution in [-0.2, 0) is 4.74 Å². The summed E-state index contributed by atoms with van der Waals surface area (Å²) in [6.07, 6.45) is 2.70. The number of hydrogen-bond donors (Lipinski definition) is 0. The molecule has 0 N–H and O–H groups in total. The second-order valence-corrected chi connectivity index (χ2v) is 9.61. The molecule has 1 saturated heterocycles. The fourth-order valence-corrected chi connectivity index (χ4v) is 4.89. The van der Waals surface area contributed by atoms with Crippen molar-refractivity contribution < 1.29 is 23.4 Å². The minimum absolute atomic E-state index is 0.0687. The summed E-state index contributed by atoms with van der Waals surface area (Å²) in [5.74, 6) is 1.54. The van der Waals surface area contributed by atoms with E-state index in [0.29, 0.717) is 53.7 Å². The molecule has 0 bridgehead atoms. The van der Waals surface area contributed by atoms with Gasteiger partial charge in [-0.3, -0.25) is 9.59 Å². The maximum atomic E-state index is 13.6. The van der Waals surface area contributed by atoms with Crippen LogP contribution in [0, 0.1) is 5.92 Å². The number of carbonyl (C=O) groups excluding carboxylic acids is 1. The molecule has 7 heteroatoms. The molecule has 1 fully saturated rings. The highest BCUT2D eigenvalue weighted by molar-refractivity contribution is 5.99. The van der Waals surface area contributed by atoms with Gasteiger partial charge in [-0.25, -0.2) is 0 Å². The predicted octanol–water partition coefficient (Wildman–Crippen LogP) is 4.95. The average molecular weight is 478 g/mol. The van der Waals surface area contributed by atoms with E-state index in [1.165, 1.54) is 0 Å². The summed E-state index contributed by atoms with van der Waals surface area (Å²) in [5, 5.41) is 0.462. The predicted molar refractivity (Wildman–Crippen MR) is 132 cm³/mol. The van der Waals surface area contributed by atoms with E-state index in [1.54, 1.807) is 36.3 Å². The molecule has 0 aliphatic carbocycles. The molecule has 7 nitrogen and oxygen atoms in total. The third kappa shape index (κ3) is 4.41. The van der Waals surface area contributed by atoms with Crippen molar-refractivity contribution in [1.82, 2.24) is 4.90 Å². The first-order valence-corrected chi connectivity index (χ1v) is 12.3. The van der Waals surface area contributed by atoms with Crippen molar-refractivity contribution in [2.75, 3.05) is 26.9 Å². The van der Waals surface area contributed by atoms with Crippen molar-refractivity contribution in [2.24, 2.45) is 5.92 Å². The van der Waals surface area contributed by atoms with Gasteiger partial charge < -0.3 is 23.5 Å². The van der Waals surface area contributed by atoms with E-state index in [0.717, 1.165) is 24.8 Å². The molecule has 0 unspecified atom stereocenters. The van der Waals surface area contributed by atoms with Crippen LogP contribution in [0.3, 0.4) is 0 Å². The Balaban J connectivity index is 1.59. The number of nitrogens with zero attached hydrogens (tertiary/aromatic N) is 1. The lowest BCUT2D eigenvalue weighted by Crippen LogP contribution is -2.36. The fourth-order valence-electron chi connectivity index (χ4n) is 4.89. The van der Waals surface area contributed by atoms with Crippen LogP contribution in [0.5, 0.6) is 11.5 Å². The number of hydrogen-bond acceptors (Lipinski definition) is 6. The molecular weight excluding hydrogens is 446 g/mol. The molecule has 2 aliphatic heterocycles. The van der Waals surface area contributed by atoms with Crippen LogP contribution in [-0.4, -0.2) is 43.8 Å². The molecule has 2 atom stereocenters. The Kier molecular flexibility index (Phi) is 6.52. The van der Waals surface area contributed by atoms with Gasteiger partial charge in [0.2, 0.25) is 5.76 Å². The number of ether oxygens (including phenoxy) is 3. The van der Waals surface area contributed by atoms with Gasteiger partial charge in [-0.05, 0) is 55.0 Å². The summed E-state index contributed by atoms with van der Waals surface area (Å²) in [6.45, 7) is 5.95. The number of benzene rings is 2. The number of para-hydroxylation sites is 1. The van der Waals surface area contributed by atoms with E-state index < -0.39 is 6.04 Å². The number of rotatable bonds is 8. The van der Waals surface area contributed by atoms with Crippen molar-refractivity contribution in [3.8, 4) is 11.5 Å². The summed E-state index contributed by atoms with van der Waals surface area (Å²) in [4.78, 5) is 28.9. The van der Waals surface area contributed by atoms with E-state index in [4.69, 9.17) is 18.6 Å². The van der Waals surface area contributed by atoms with Crippen molar-refractivity contribution >= 4 is 16.9 Å². The molecule has 2 aromatic carbocycles. The van der Waals surface area contributed by atoms with E-state index >= 15 is 0 Å². The zero-order valence-electron chi connectivity index (χ0n) is 20.4. The van der Waals surface area contributed by atoms with Gasteiger partial charge in [-0.15, -0.1) is 0 Å². The SMILES string of the molecule is COc1cc([C@H]2c3c(oc4ccccc4c3=O)C(=O)N2C[C@@H]2CCCO2)ccc1OCCC(C)C.